The molecule has 1 atom stereocenters. The Morgan fingerprint density at radius 2 is 1.95 bits per heavy atom. The summed E-state index contributed by atoms with van der Waals surface area (Å²) in [5.41, 5.74) is 6.74. The zero-order valence-electron chi connectivity index (χ0n) is 10.9. The smallest absolute Gasteiger partial charge is 0.254 e. The molecule has 0 saturated carbocycles. The molecule has 0 radical (unpaired) electrons. The van der Waals surface area contributed by atoms with Crippen molar-refractivity contribution in [1.29, 1.82) is 0 Å². The predicted molar refractivity (Wildman–Crippen MR) is 77.1 cm³/mol. The number of piperidine rings is 1. The minimum Gasteiger partial charge on any atom is -0.337 e. The molecular weight excluding hydrogens is 236 g/mol. The molecule has 0 spiro atoms. The number of likely N-dealkylation sites (tertiary alicyclic amines) is 1. The summed E-state index contributed by atoms with van der Waals surface area (Å²) in [6.07, 6.45) is 2.01. The number of amides is 1. The van der Waals surface area contributed by atoms with Crippen molar-refractivity contribution in [3.8, 4) is 0 Å². The van der Waals surface area contributed by atoms with Gasteiger partial charge in [0.15, 0.2) is 0 Å². The van der Waals surface area contributed by atoms with E-state index in [4.69, 9.17) is 5.73 Å². The van der Waals surface area contributed by atoms with Gasteiger partial charge in [-0.3, -0.25) is 4.79 Å². The molecule has 0 bridgehead atoms. The number of benzene rings is 2. The molecule has 2 aromatic rings. The molecule has 0 aromatic heterocycles. The lowest BCUT2D eigenvalue weighted by Crippen LogP contribution is -2.45. The summed E-state index contributed by atoms with van der Waals surface area (Å²) in [6, 6.07) is 14.0. The van der Waals surface area contributed by atoms with Crippen molar-refractivity contribution in [3.05, 3.63) is 48.0 Å². The third-order valence-corrected chi connectivity index (χ3v) is 3.77. The van der Waals surface area contributed by atoms with Crippen LogP contribution in [0.1, 0.15) is 23.2 Å². The van der Waals surface area contributed by atoms with Gasteiger partial charge in [-0.2, -0.15) is 0 Å². The minimum atomic E-state index is 0.104. The Hall–Kier alpha value is -1.87. The number of rotatable bonds is 1. The third-order valence-electron chi connectivity index (χ3n) is 3.77. The molecule has 1 unspecified atom stereocenters. The van der Waals surface area contributed by atoms with Gasteiger partial charge in [-0.25, -0.2) is 0 Å². The molecule has 2 aromatic carbocycles. The maximum Gasteiger partial charge on any atom is 0.254 e. The van der Waals surface area contributed by atoms with E-state index in [1.54, 1.807) is 0 Å². The van der Waals surface area contributed by atoms with Gasteiger partial charge >= 0.3 is 0 Å². The second-order valence-corrected chi connectivity index (χ2v) is 5.18. The van der Waals surface area contributed by atoms with Gasteiger partial charge in [-0.05, 0) is 29.7 Å². The largest absolute Gasteiger partial charge is 0.337 e. The van der Waals surface area contributed by atoms with E-state index < -0.39 is 0 Å². The second-order valence-electron chi connectivity index (χ2n) is 5.18. The minimum absolute atomic E-state index is 0.104. The van der Waals surface area contributed by atoms with Crippen LogP contribution in [0.4, 0.5) is 0 Å². The molecule has 2 N–H and O–H groups in total. The van der Waals surface area contributed by atoms with E-state index in [1.807, 2.05) is 47.4 Å². The van der Waals surface area contributed by atoms with Crippen molar-refractivity contribution in [2.75, 3.05) is 13.1 Å². The number of fused-ring (bicyclic) bond motifs is 1. The summed E-state index contributed by atoms with van der Waals surface area (Å²) in [7, 11) is 0. The van der Waals surface area contributed by atoms with E-state index in [0.29, 0.717) is 6.54 Å². The predicted octanol–water partition coefficient (Wildman–Crippen LogP) is 2.40. The van der Waals surface area contributed by atoms with E-state index in [-0.39, 0.29) is 11.9 Å². The third kappa shape index (κ3) is 2.34. The summed E-state index contributed by atoms with van der Waals surface area (Å²) in [4.78, 5) is 14.5. The van der Waals surface area contributed by atoms with Gasteiger partial charge in [0.25, 0.3) is 5.91 Å². The highest BCUT2D eigenvalue weighted by Crippen LogP contribution is 2.21. The zero-order chi connectivity index (χ0) is 13.2. The van der Waals surface area contributed by atoms with Crippen molar-refractivity contribution in [2.45, 2.75) is 18.9 Å². The first-order valence-electron chi connectivity index (χ1n) is 6.78. The topological polar surface area (TPSA) is 46.3 Å². The molecule has 1 aliphatic rings. The summed E-state index contributed by atoms with van der Waals surface area (Å²) >= 11 is 0. The zero-order valence-corrected chi connectivity index (χ0v) is 10.9. The summed E-state index contributed by atoms with van der Waals surface area (Å²) in [5.74, 6) is 0.104. The van der Waals surface area contributed by atoms with Crippen LogP contribution in [0.25, 0.3) is 10.8 Å². The number of nitrogens with zero attached hydrogens (tertiary/aromatic N) is 1. The fourth-order valence-electron chi connectivity index (χ4n) is 2.78. The van der Waals surface area contributed by atoms with Gasteiger partial charge in [0, 0.05) is 24.7 Å². The SMILES string of the molecule is NC1CCCN(C(=O)c2cccc3ccccc23)C1. The first-order chi connectivity index (χ1) is 9.25. The number of hydrogen-bond donors (Lipinski definition) is 1. The van der Waals surface area contributed by atoms with Crippen molar-refractivity contribution in [2.24, 2.45) is 5.73 Å². The molecular formula is C16H18N2O. The van der Waals surface area contributed by atoms with Crippen molar-refractivity contribution in [3.63, 3.8) is 0 Å². The second kappa shape index (κ2) is 5.02. The van der Waals surface area contributed by atoms with E-state index in [0.717, 1.165) is 35.7 Å². The number of carbonyl (C=O) groups is 1. The monoisotopic (exact) mass is 254 g/mol. The number of hydrogen-bond acceptors (Lipinski definition) is 2. The fourth-order valence-corrected chi connectivity index (χ4v) is 2.78. The maximum atomic E-state index is 12.6. The highest BCUT2D eigenvalue weighted by atomic mass is 16.2. The van der Waals surface area contributed by atoms with Gasteiger partial charge in [-0.1, -0.05) is 36.4 Å². The Morgan fingerprint density at radius 1 is 1.16 bits per heavy atom. The molecule has 1 amide bonds. The van der Waals surface area contributed by atoms with Crippen LogP contribution in [-0.2, 0) is 0 Å². The first-order valence-corrected chi connectivity index (χ1v) is 6.78. The van der Waals surface area contributed by atoms with E-state index in [1.165, 1.54) is 0 Å². The van der Waals surface area contributed by atoms with Gasteiger partial charge in [0.05, 0.1) is 0 Å². The Labute approximate surface area is 113 Å². The van der Waals surface area contributed by atoms with Crippen LogP contribution < -0.4 is 5.73 Å². The van der Waals surface area contributed by atoms with Gasteiger partial charge in [-0.15, -0.1) is 0 Å². The van der Waals surface area contributed by atoms with Crippen LogP contribution in [0.15, 0.2) is 42.5 Å². The lowest BCUT2D eigenvalue weighted by atomic mass is 10.0. The molecule has 98 valence electrons. The average molecular weight is 254 g/mol. The van der Waals surface area contributed by atoms with Crippen molar-refractivity contribution < 1.29 is 4.79 Å². The Balaban J connectivity index is 1.97. The quantitative estimate of drug-likeness (QED) is 0.849. The Kier molecular flexibility index (Phi) is 3.22. The molecule has 19 heavy (non-hydrogen) atoms. The van der Waals surface area contributed by atoms with Crippen molar-refractivity contribution in [1.82, 2.24) is 4.90 Å². The van der Waals surface area contributed by atoms with Crippen LogP contribution in [0.3, 0.4) is 0 Å². The van der Waals surface area contributed by atoms with Crippen LogP contribution >= 0.6 is 0 Å². The normalized spacial score (nSPS) is 19.6. The summed E-state index contributed by atoms with van der Waals surface area (Å²) < 4.78 is 0. The van der Waals surface area contributed by atoms with Crippen molar-refractivity contribution >= 4 is 16.7 Å². The fraction of sp³-hybridized carbons (Fsp3) is 0.312. The highest BCUT2D eigenvalue weighted by Gasteiger charge is 2.23. The van der Waals surface area contributed by atoms with Crippen LogP contribution in [0.2, 0.25) is 0 Å². The molecule has 1 saturated heterocycles. The number of carbonyl (C=O) groups excluding carboxylic acids is 1. The van der Waals surface area contributed by atoms with Gasteiger partial charge in [0.1, 0.15) is 0 Å². The lowest BCUT2D eigenvalue weighted by Gasteiger charge is -2.31. The molecule has 1 aliphatic heterocycles. The highest BCUT2D eigenvalue weighted by molar-refractivity contribution is 6.07. The van der Waals surface area contributed by atoms with Crippen LogP contribution in [-0.4, -0.2) is 29.9 Å². The molecule has 3 rings (SSSR count). The van der Waals surface area contributed by atoms with Crippen LogP contribution in [0.5, 0.6) is 0 Å². The van der Waals surface area contributed by atoms with Gasteiger partial charge < -0.3 is 10.6 Å². The molecule has 1 heterocycles. The number of nitrogens with two attached hydrogens (primary N) is 1. The standard InChI is InChI=1S/C16H18N2O/c17-13-7-4-10-18(11-13)16(19)15-9-3-6-12-5-1-2-8-14(12)15/h1-3,5-6,8-9,13H,4,7,10-11,17H2. The molecule has 3 heteroatoms. The molecule has 0 aliphatic carbocycles. The summed E-state index contributed by atoms with van der Waals surface area (Å²) in [6.45, 7) is 1.48. The van der Waals surface area contributed by atoms with E-state index in [2.05, 4.69) is 0 Å². The van der Waals surface area contributed by atoms with Crippen LogP contribution in [0, 0.1) is 0 Å². The maximum absolute atomic E-state index is 12.6. The first kappa shape index (κ1) is 12.2. The van der Waals surface area contributed by atoms with Gasteiger partial charge in [0.2, 0.25) is 0 Å². The van der Waals surface area contributed by atoms with E-state index in [9.17, 15) is 4.79 Å². The Morgan fingerprint density at radius 3 is 2.79 bits per heavy atom. The average Bonchev–Trinajstić information content (AvgIpc) is 2.46. The Bertz CT molecular complexity index is 603. The molecule has 1 fully saturated rings. The lowest BCUT2D eigenvalue weighted by molar-refractivity contribution is 0.0711. The molecule has 3 nitrogen and oxygen atoms in total. The van der Waals surface area contributed by atoms with E-state index >= 15 is 0 Å². The summed E-state index contributed by atoms with van der Waals surface area (Å²) in [5, 5.41) is 2.13.